The maximum absolute atomic E-state index is 11.2. The lowest BCUT2D eigenvalue weighted by atomic mass is 9.93. The van der Waals surface area contributed by atoms with Crippen LogP contribution in [0.1, 0.15) is 38.4 Å². The first-order valence-electron chi connectivity index (χ1n) is 11.1. The van der Waals surface area contributed by atoms with Gasteiger partial charge in [-0.1, -0.05) is 30.9 Å². The standard InChI is InChI=1S/C25H30N4O3/c1-4-6-7-18(5-2)25(12-13-25)24-27-26-22(28(24)3)20-9-8-19(16-21(20)30)29-14-10-17(11-15-29)23(31)32/h4-9,16-17,30H,1,10-15H2,2-3H3,(H,31,32)/b7-6-,18-5+. The Hall–Kier alpha value is -3.35. The predicted octanol–water partition coefficient (Wildman–Crippen LogP) is 4.21. The van der Waals surface area contributed by atoms with Crippen LogP contribution in [0.15, 0.2) is 54.7 Å². The molecule has 0 bridgehead atoms. The summed E-state index contributed by atoms with van der Waals surface area (Å²) in [5, 5.41) is 28.9. The van der Waals surface area contributed by atoms with Gasteiger partial charge in [0.05, 0.1) is 16.9 Å². The number of rotatable bonds is 7. The van der Waals surface area contributed by atoms with E-state index < -0.39 is 5.97 Å². The van der Waals surface area contributed by atoms with E-state index in [1.165, 1.54) is 5.57 Å². The van der Waals surface area contributed by atoms with E-state index in [2.05, 4.69) is 33.8 Å². The van der Waals surface area contributed by atoms with Gasteiger partial charge >= 0.3 is 5.97 Å². The minimum atomic E-state index is -0.726. The number of piperidine rings is 1. The average molecular weight is 435 g/mol. The monoisotopic (exact) mass is 434 g/mol. The molecule has 0 amide bonds. The van der Waals surface area contributed by atoms with Crippen LogP contribution in [-0.2, 0) is 17.3 Å². The highest BCUT2D eigenvalue weighted by Gasteiger charge is 2.50. The highest BCUT2D eigenvalue weighted by Crippen LogP contribution is 2.54. The predicted molar refractivity (Wildman–Crippen MR) is 125 cm³/mol. The molecule has 1 aromatic heterocycles. The molecule has 0 unspecified atom stereocenters. The van der Waals surface area contributed by atoms with Crippen LogP contribution in [0.4, 0.5) is 5.69 Å². The van der Waals surface area contributed by atoms with Crippen molar-refractivity contribution in [1.82, 2.24) is 14.8 Å². The van der Waals surface area contributed by atoms with Gasteiger partial charge in [0.2, 0.25) is 0 Å². The molecule has 168 valence electrons. The van der Waals surface area contributed by atoms with Crippen molar-refractivity contribution in [1.29, 1.82) is 0 Å². The van der Waals surface area contributed by atoms with E-state index in [0.717, 1.165) is 24.4 Å². The second-order valence-corrected chi connectivity index (χ2v) is 8.63. The summed E-state index contributed by atoms with van der Waals surface area (Å²) in [5.74, 6) is 0.661. The van der Waals surface area contributed by atoms with Gasteiger partial charge in [-0.05, 0) is 50.3 Å². The number of hydrogen-bond acceptors (Lipinski definition) is 5. The van der Waals surface area contributed by atoms with Crippen molar-refractivity contribution in [2.24, 2.45) is 13.0 Å². The fraction of sp³-hybridized carbons (Fsp3) is 0.400. The van der Waals surface area contributed by atoms with Crippen molar-refractivity contribution in [2.75, 3.05) is 18.0 Å². The molecule has 0 atom stereocenters. The summed E-state index contributed by atoms with van der Waals surface area (Å²) in [6.07, 6.45) is 11.1. The maximum atomic E-state index is 11.2. The molecule has 2 heterocycles. The van der Waals surface area contributed by atoms with E-state index in [4.69, 9.17) is 0 Å². The van der Waals surface area contributed by atoms with Gasteiger partial charge in [0.1, 0.15) is 11.6 Å². The van der Waals surface area contributed by atoms with Crippen LogP contribution < -0.4 is 4.90 Å². The number of hydrogen-bond donors (Lipinski definition) is 2. The number of nitrogens with zero attached hydrogens (tertiary/aromatic N) is 4. The van der Waals surface area contributed by atoms with Crippen molar-refractivity contribution >= 4 is 11.7 Å². The molecule has 0 spiro atoms. The van der Waals surface area contributed by atoms with Gasteiger partial charge in [0, 0.05) is 31.9 Å². The topological polar surface area (TPSA) is 91.5 Å². The molecule has 2 aliphatic rings. The smallest absolute Gasteiger partial charge is 0.306 e. The van der Waals surface area contributed by atoms with Gasteiger partial charge < -0.3 is 19.7 Å². The van der Waals surface area contributed by atoms with E-state index >= 15 is 0 Å². The van der Waals surface area contributed by atoms with Crippen LogP contribution in [0.2, 0.25) is 0 Å². The van der Waals surface area contributed by atoms with Crippen molar-refractivity contribution in [2.45, 2.75) is 38.0 Å². The molecule has 2 fully saturated rings. The summed E-state index contributed by atoms with van der Waals surface area (Å²) in [6, 6.07) is 5.57. The van der Waals surface area contributed by atoms with Gasteiger partial charge in [0.25, 0.3) is 0 Å². The Bertz CT molecular complexity index is 1090. The molecule has 2 aromatic rings. The van der Waals surface area contributed by atoms with Crippen molar-refractivity contribution in [3.05, 3.63) is 60.5 Å². The lowest BCUT2D eigenvalue weighted by Crippen LogP contribution is -2.36. The summed E-state index contributed by atoms with van der Waals surface area (Å²) in [7, 11) is 1.94. The van der Waals surface area contributed by atoms with Crippen LogP contribution in [0.25, 0.3) is 11.4 Å². The normalized spacial score (nSPS) is 18.8. The van der Waals surface area contributed by atoms with E-state index in [9.17, 15) is 15.0 Å². The van der Waals surface area contributed by atoms with Crippen molar-refractivity contribution in [3.63, 3.8) is 0 Å². The maximum Gasteiger partial charge on any atom is 0.306 e. The third kappa shape index (κ3) is 3.83. The molecule has 0 radical (unpaired) electrons. The van der Waals surface area contributed by atoms with Crippen molar-refractivity contribution in [3.8, 4) is 17.1 Å². The number of allylic oxidation sites excluding steroid dienone is 5. The Balaban J connectivity index is 1.58. The minimum Gasteiger partial charge on any atom is -0.507 e. The lowest BCUT2D eigenvalue weighted by molar-refractivity contribution is -0.142. The molecule has 2 N–H and O–H groups in total. The first kappa shape index (κ1) is 21.9. The largest absolute Gasteiger partial charge is 0.507 e. The van der Waals surface area contributed by atoms with Gasteiger partial charge in [-0.25, -0.2) is 0 Å². The van der Waals surface area contributed by atoms with Gasteiger partial charge in [-0.2, -0.15) is 0 Å². The molecular formula is C25H30N4O3. The Labute approximate surface area is 188 Å². The summed E-state index contributed by atoms with van der Waals surface area (Å²) in [4.78, 5) is 13.3. The number of anilines is 1. The molecule has 7 nitrogen and oxygen atoms in total. The van der Waals surface area contributed by atoms with Gasteiger partial charge in [-0.15, -0.1) is 10.2 Å². The molecular weight excluding hydrogens is 404 g/mol. The number of aliphatic carboxylic acids is 1. The van der Waals surface area contributed by atoms with Gasteiger partial charge in [0.15, 0.2) is 5.82 Å². The van der Waals surface area contributed by atoms with Gasteiger partial charge in [-0.3, -0.25) is 4.79 Å². The Kier molecular flexibility index (Phi) is 5.91. The molecule has 32 heavy (non-hydrogen) atoms. The number of phenolic OH excluding ortho intramolecular Hbond substituents is 1. The number of benzene rings is 1. The second kappa shape index (κ2) is 8.65. The summed E-state index contributed by atoms with van der Waals surface area (Å²) in [5.41, 5.74) is 2.58. The summed E-state index contributed by atoms with van der Waals surface area (Å²) < 4.78 is 1.98. The van der Waals surface area contributed by atoms with E-state index in [1.54, 1.807) is 12.1 Å². The van der Waals surface area contributed by atoms with E-state index in [-0.39, 0.29) is 17.1 Å². The number of carboxylic acid groups (broad SMARTS) is 1. The zero-order chi connectivity index (χ0) is 22.9. The molecule has 1 aliphatic carbocycles. The third-order valence-corrected chi connectivity index (χ3v) is 6.76. The molecule has 1 saturated heterocycles. The van der Waals surface area contributed by atoms with Crippen LogP contribution in [0, 0.1) is 5.92 Å². The van der Waals surface area contributed by atoms with E-state index in [0.29, 0.717) is 37.3 Å². The molecule has 1 aliphatic heterocycles. The lowest BCUT2D eigenvalue weighted by Gasteiger charge is -2.32. The van der Waals surface area contributed by atoms with E-state index in [1.807, 2.05) is 36.7 Å². The first-order valence-corrected chi connectivity index (χ1v) is 11.1. The third-order valence-electron chi connectivity index (χ3n) is 6.76. The van der Waals surface area contributed by atoms with Crippen LogP contribution in [0.5, 0.6) is 5.75 Å². The van der Waals surface area contributed by atoms with Crippen molar-refractivity contribution < 1.29 is 15.0 Å². The quantitative estimate of drug-likeness (QED) is 0.635. The zero-order valence-electron chi connectivity index (χ0n) is 18.7. The Morgan fingerprint density at radius 1 is 1.25 bits per heavy atom. The van der Waals surface area contributed by atoms with Crippen LogP contribution in [0.3, 0.4) is 0 Å². The second-order valence-electron chi connectivity index (χ2n) is 8.63. The average Bonchev–Trinajstić information content (AvgIpc) is 3.50. The SMILES string of the molecule is C=C/C=C\C(=C/C)C1(c2nnc(-c3ccc(N4CCC(C(=O)O)CC4)cc3O)n2C)CC1. The van der Waals surface area contributed by atoms with Crippen LogP contribution in [-0.4, -0.2) is 44.0 Å². The first-order chi connectivity index (χ1) is 15.4. The summed E-state index contributed by atoms with van der Waals surface area (Å²) in [6.45, 7) is 7.12. The molecule has 4 rings (SSSR count). The fourth-order valence-corrected chi connectivity index (χ4v) is 4.74. The molecule has 1 aromatic carbocycles. The number of carboxylic acids is 1. The highest BCUT2D eigenvalue weighted by atomic mass is 16.4. The Morgan fingerprint density at radius 3 is 2.53 bits per heavy atom. The number of aromatic nitrogens is 3. The number of aromatic hydroxyl groups is 1. The molecule has 1 saturated carbocycles. The Morgan fingerprint density at radius 2 is 1.97 bits per heavy atom. The zero-order valence-corrected chi connectivity index (χ0v) is 18.7. The number of phenols is 1. The minimum absolute atomic E-state index is 0.141. The molecule has 7 heteroatoms. The van der Waals surface area contributed by atoms with Crippen LogP contribution >= 0.6 is 0 Å². The number of carbonyl (C=O) groups is 1. The highest BCUT2D eigenvalue weighted by molar-refractivity contribution is 5.71. The fourth-order valence-electron chi connectivity index (χ4n) is 4.74. The summed E-state index contributed by atoms with van der Waals surface area (Å²) >= 11 is 0.